The van der Waals surface area contributed by atoms with Crippen LogP contribution < -0.4 is 5.32 Å². The van der Waals surface area contributed by atoms with Crippen LogP contribution in [0.1, 0.15) is 26.7 Å². The second-order valence-corrected chi connectivity index (χ2v) is 5.08. The zero-order chi connectivity index (χ0) is 11.7. The second-order valence-electron chi connectivity index (χ2n) is 3.60. The van der Waals surface area contributed by atoms with Gasteiger partial charge in [-0.2, -0.15) is 0 Å². The Labute approximate surface area is 94.2 Å². The summed E-state index contributed by atoms with van der Waals surface area (Å²) >= 11 is 0. The summed E-state index contributed by atoms with van der Waals surface area (Å²) in [5, 5.41) is 2.97. The highest BCUT2D eigenvalue weighted by Crippen LogP contribution is 1.89. The maximum atomic E-state index is 11.1. The Morgan fingerprint density at radius 1 is 1.53 bits per heavy atom. The highest BCUT2D eigenvalue weighted by Gasteiger charge is 2.07. The van der Waals surface area contributed by atoms with Crippen LogP contribution in [-0.4, -0.2) is 41.4 Å². The minimum Gasteiger partial charge on any atom is -0.465 e. The maximum absolute atomic E-state index is 11.1. The molecule has 0 fully saturated rings. The smallest absolute Gasteiger partial charge is 0.319 e. The lowest BCUT2D eigenvalue weighted by Gasteiger charge is -2.11. The molecule has 15 heavy (non-hydrogen) atoms. The molecule has 0 bridgehead atoms. The number of hydrogen-bond donors (Lipinski definition) is 1. The van der Waals surface area contributed by atoms with Gasteiger partial charge < -0.3 is 10.1 Å². The van der Waals surface area contributed by atoms with E-state index < -0.39 is 10.8 Å². The van der Waals surface area contributed by atoms with E-state index in [9.17, 15) is 9.00 Å². The quantitative estimate of drug-likeness (QED) is 0.497. The fourth-order valence-electron chi connectivity index (χ4n) is 1.05. The van der Waals surface area contributed by atoms with Gasteiger partial charge in [0.25, 0.3) is 0 Å². The summed E-state index contributed by atoms with van der Waals surface area (Å²) < 4.78 is 15.8. The molecule has 0 aromatic rings. The van der Waals surface area contributed by atoms with Crippen molar-refractivity contribution < 1.29 is 13.7 Å². The van der Waals surface area contributed by atoms with Crippen molar-refractivity contribution in [3.8, 4) is 0 Å². The first-order chi connectivity index (χ1) is 7.06. The number of esters is 1. The van der Waals surface area contributed by atoms with Gasteiger partial charge in [-0.25, -0.2) is 0 Å². The van der Waals surface area contributed by atoms with Crippen molar-refractivity contribution in [2.75, 3.05) is 25.2 Å². The van der Waals surface area contributed by atoms with Crippen LogP contribution in [0, 0.1) is 0 Å². The Bertz CT molecular complexity index is 209. The molecule has 0 aliphatic carbocycles. The molecule has 4 nitrogen and oxygen atoms in total. The molecular weight excluding hydrogens is 214 g/mol. The van der Waals surface area contributed by atoms with E-state index >= 15 is 0 Å². The van der Waals surface area contributed by atoms with Crippen molar-refractivity contribution in [1.29, 1.82) is 0 Å². The standard InChI is InChI=1S/C10H21NO3S/c1-4-5-6-14-10(12)7-11-9(2)8-15(3)13/h9,11H,4-8H2,1-3H3. The predicted octanol–water partition coefficient (Wildman–Crippen LogP) is 0.686. The largest absolute Gasteiger partial charge is 0.465 e. The van der Waals surface area contributed by atoms with Gasteiger partial charge in [-0.15, -0.1) is 0 Å². The zero-order valence-corrected chi connectivity index (χ0v) is 10.6. The lowest BCUT2D eigenvalue weighted by atomic mass is 10.3. The van der Waals surface area contributed by atoms with Crippen LogP contribution in [0.2, 0.25) is 0 Å². The van der Waals surface area contributed by atoms with E-state index in [0.717, 1.165) is 12.8 Å². The summed E-state index contributed by atoms with van der Waals surface area (Å²) in [5.74, 6) is 0.319. The van der Waals surface area contributed by atoms with Crippen LogP contribution in [0.3, 0.4) is 0 Å². The van der Waals surface area contributed by atoms with Gasteiger partial charge in [-0.3, -0.25) is 9.00 Å². The molecule has 0 aromatic heterocycles. The Kier molecular flexibility index (Phi) is 8.61. The number of carbonyl (C=O) groups excluding carboxylic acids is 1. The lowest BCUT2D eigenvalue weighted by Crippen LogP contribution is -2.35. The molecule has 0 radical (unpaired) electrons. The summed E-state index contributed by atoms with van der Waals surface area (Å²) in [6.07, 6.45) is 3.57. The predicted molar refractivity (Wildman–Crippen MR) is 62.3 cm³/mol. The van der Waals surface area contributed by atoms with Crippen molar-refractivity contribution in [2.45, 2.75) is 32.7 Å². The van der Waals surface area contributed by atoms with Gasteiger partial charge in [0.05, 0.1) is 13.2 Å². The van der Waals surface area contributed by atoms with E-state index in [1.807, 2.05) is 13.8 Å². The van der Waals surface area contributed by atoms with Crippen LogP contribution in [0.5, 0.6) is 0 Å². The Morgan fingerprint density at radius 2 is 2.20 bits per heavy atom. The molecule has 5 heteroatoms. The number of unbranched alkanes of at least 4 members (excludes halogenated alkanes) is 1. The monoisotopic (exact) mass is 235 g/mol. The van der Waals surface area contributed by atoms with E-state index in [1.165, 1.54) is 0 Å². The van der Waals surface area contributed by atoms with Gasteiger partial charge >= 0.3 is 5.97 Å². The Hall–Kier alpha value is -0.420. The molecule has 0 aromatic carbocycles. The molecule has 2 unspecified atom stereocenters. The van der Waals surface area contributed by atoms with E-state index in [2.05, 4.69) is 5.32 Å². The van der Waals surface area contributed by atoms with Crippen molar-refractivity contribution >= 4 is 16.8 Å². The zero-order valence-electron chi connectivity index (χ0n) is 9.75. The highest BCUT2D eigenvalue weighted by molar-refractivity contribution is 7.84. The number of nitrogens with one attached hydrogen (secondary N) is 1. The second kappa shape index (κ2) is 8.85. The SMILES string of the molecule is CCCCOC(=O)CNC(C)CS(C)=O. The minimum atomic E-state index is -0.832. The summed E-state index contributed by atoms with van der Waals surface area (Å²) in [5.41, 5.74) is 0. The Morgan fingerprint density at radius 3 is 2.73 bits per heavy atom. The molecule has 0 aliphatic rings. The first-order valence-corrected chi connectivity index (χ1v) is 6.98. The molecule has 0 saturated heterocycles. The molecule has 0 aliphatic heterocycles. The van der Waals surface area contributed by atoms with Crippen molar-refractivity contribution in [3.05, 3.63) is 0 Å². The molecule has 0 saturated carbocycles. The Balaban J connectivity index is 3.48. The number of hydrogen-bond acceptors (Lipinski definition) is 4. The third-order valence-electron chi connectivity index (χ3n) is 1.84. The van der Waals surface area contributed by atoms with Gasteiger partial charge in [-0.05, 0) is 13.3 Å². The first-order valence-electron chi connectivity index (χ1n) is 5.25. The number of ether oxygens (including phenoxy) is 1. The number of carbonyl (C=O) groups is 1. The molecule has 0 amide bonds. The topological polar surface area (TPSA) is 55.4 Å². The first kappa shape index (κ1) is 14.6. The molecule has 1 N–H and O–H groups in total. The van der Waals surface area contributed by atoms with Crippen LogP contribution in [0.15, 0.2) is 0 Å². The molecule has 0 heterocycles. The fraction of sp³-hybridized carbons (Fsp3) is 0.900. The van der Waals surface area contributed by atoms with Gasteiger partial charge in [0, 0.05) is 28.9 Å². The van der Waals surface area contributed by atoms with Crippen LogP contribution >= 0.6 is 0 Å². The minimum absolute atomic E-state index is 0.0783. The lowest BCUT2D eigenvalue weighted by molar-refractivity contribution is -0.142. The third kappa shape index (κ3) is 9.87. The average Bonchev–Trinajstić information content (AvgIpc) is 2.14. The van der Waals surface area contributed by atoms with Gasteiger partial charge in [-0.1, -0.05) is 13.3 Å². The van der Waals surface area contributed by atoms with Crippen molar-refractivity contribution in [3.63, 3.8) is 0 Å². The van der Waals surface area contributed by atoms with Gasteiger partial charge in [0.1, 0.15) is 0 Å². The molecular formula is C10H21NO3S. The van der Waals surface area contributed by atoms with Gasteiger partial charge in [0.2, 0.25) is 0 Å². The van der Waals surface area contributed by atoms with Crippen LogP contribution in [0.25, 0.3) is 0 Å². The fourth-order valence-corrected chi connectivity index (χ4v) is 1.87. The van der Waals surface area contributed by atoms with E-state index in [-0.39, 0.29) is 18.6 Å². The van der Waals surface area contributed by atoms with Gasteiger partial charge in [0.15, 0.2) is 0 Å². The summed E-state index contributed by atoms with van der Waals surface area (Å²) in [6, 6.07) is 0.0783. The normalized spacial score (nSPS) is 14.6. The highest BCUT2D eigenvalue weighted by atomic mass is 32.2. The van der Waals surface area contributed by atoms with Crippen molar-refractivity contribution in [2.24, 2.45) is 0 Å². The molecule has 90 valence electrons. The summed E-state index contributed by atoms with van der Waals surface area (Å²) in [6.45, 7) is 4.64. The maximum Gasteiger partial charge on any atom is 0.319 e. The van der Waals surface area contributed by atoms with E-state index in [0.29, 0.717) is 12.4 Å². The van der Waals surface area contributed by atoms with E-state index in [4.69, 9.17) is 4.74 Å². The summed E-state index contributed by atoms with van der Waals surface area (Å²) in [7, 11) is -0.832. The molecule has 0 rings (SSSR count). The number of rotatable bonds is 8. The molecule has 2 atom stereocenters. The third-order valence-corrected chi connectivity index (χ3v) is 2.81. The van der Waals surface area contributed by atoms with Crippen LogP contribution in [-0.2, 0) is 20.3 Å². The van der Waals surface area contributed by atoms with Crippen molar-refractivity contribution in [1.82, 2.24) is 5.32 Å². The van der Waals surface area contributed by atoms with E-state index in [1.54, 1.807) is 6.26 Å². The average molecular weight is 235 g/mol. The summed E-state index contributed by atoms with van der Waals surface area (Å²) in [4.78, 5) is 11.1. The van der Waals surface area contributed by atoms with Crippen LogP contribution in [0.4, 0.5) is 0 Å². The molecule has 0 spiro atoms.